The fraction of sp³-hybridized carbons (Fsp3) is 0.636. The SMILES string of the molecule is COC(=O)Nc1ccc(N2CCCC(OC(=O)N3C4CC5CC(C4)OC3C5)C2)c(F)c1. The van der Waals surface area contributed by atoms with Gasteiger partial charge >= 0.3 is 12.2 Å². The molecule has 168 valence electrons. The standard InChI is InChI=1S/C22H28FN3O5/c1-29-21(27)24-14-4-5-19(18(23)10-14)25-6-2-3-16(12-25)31-22(28)26-15-7-13-8-17(11-15)30-20(26)9-13/h4-5,10,13,15-17,20H,2-3,6-9,11-12H2,1H3,(H,24,27). The number of methoxy groups -OCH3 is 1. The van der Waals surface area contributed by atoms with Crippen molar-refractivity contribution in [3.05, 3.63) is 24.0 Å². The number of ether oxygens (including phenoxy) is 3. The van der Waals surface area contributed by atoms with Crippen LogP contribution in [0.5, 0.6) is 0 Å². The summed E-state index contributed by atoms with van der Waals surface area (Å²) in [5, 5.41) is 2.45. The van der Waals surface area contributed by atoms with Gasteiger partial charge < -0.3 is 19.1 Å². The van der Waals surface area contributed by atoms with Crippen LogP contribution in [0.4, 0.5) is 25.4 Å². The summed E-state index contributed by atoms with van der Waals surface area (Å²) in [6.45, 7) is 1.11. The highest BCUT2D eigenvalue weighted by Crippen LogP contribution is 2.45. The number of nitrogens with one attached hydrogen (secondary N) is 1. The third-order valence-electron chi connectivity index (χ3n) is 6.90. The zero-order valence-electron chi connectivity index (χ0n) is 17.6. The van der Waals surface area contributed by atoms with Gasteiger partial charge in [0, 0.05) is 18.3 Å². The van der Waals surface area contributed by atoms with E-state index in [1.54, 1.807) is 17.0 Å². The van der Waals surface area contributed by atoms with E-state index in [9.17, 15) is 14.0 Å². The lowest BCUT2D eigenvalue weighted by Crippen LogP contribution is -2.63. The molecule has 0 spiro atoms. The molecule has 1 aliphatic carbocycles. The number of benzene rings is 1. The van der Waals surface area contributed by atoms with Gasteiger partial charge in [-0.25, -0.2) is 14.0 Å². The molecule has 8 nitrogen and oxygen atoms in total. The van der Waals surface area contributed by atoms with E-state index in [0.717, 1.165) is 38.5 Å². The normalized spacial score (nSPS) is 31.5. The van der Waals surface area contributed by atoms with Gasteiger partial charge in [0.15, 0.2) is 0 Å². The Balaban J connectivity index is 1.22. The molecular weight excluding hydrogens is 405 g/mol. The predicted octanol–water partition coefficient (Wildman–Crippen LogP) is 3.71. The quantitative estimate of drug-likeness (QED) is 0.783. The first-order valence-electron chi connectivity index (χ1n) is 11.0. The first-order valence-corrected chi connectivity index (χ1v) is 11.0. The molecule has 1 N–H and O–H groups in total. The summed E-state index contributed by atoms with van der Waals surface area (Å²) < 4.78 is 31.1. The second kappa shape index (κ2) is 8.18. The van der Waals surface area contributed by atoms with Crippen molar-refractivity contribution in [2.75, 3.05) is 30.4 Å². The zero-order valence-corrected chi connectivity index (χ0v) is 17.6. The van der Waals surface area contributed by atoms with E-state index in [-0.39, 0.29) is 30.6 Å². The molecule has 5 aliphatic rings. The number of carbonyl (C=O) groups excluding carboxylic acids is 2. The molecule has 4 saturated heterocycles. The van der Waals surface area contributed by atoms with Crippen molar-refractivity contribution in [1.29, 1.82) is 0 Å². The third kappa shape index (κ3) is 4.03. The Labute approximate surface area is 180 Å². The molecule has 4 aliphatic heterocycles. The number of anilines is 2. The number of hydrogen-bond donors (Lipinski definition) is 1. The van der Waals surface area contributed by atoms with Gasteiger partial charge in [-0.1, -0.05) is 0 Å². The van der Waals surface area contributed by atoms with Gasteiger partial charge in [0.05, 0.1) is 25.4 Å². The van der Waals surface area contributed by atoms with Crippen LogP contribution in [0, 0.1) is 11.7 Å². The third-order valence-corrected chi connectivity index (χ3v) is 6.90. The van der Waals surface area contributed by atoms with Crippen LogP contribution < -0.4 is 10.2 Å². The number of hydrogen-bond acceptors (Lipinski definition) is 6. The smallest absolute Gasteiger partial charge is 0.412 e. The van der Waals surface area contributed by atoms with Gasteiger partial charge in [-0.05, 0) is 62.6 Å². The fourth-order valence-electron chi connectivity index (χ4n) is 5.59. The average Bonchev–Trinajstić information content (AvgIpc) is 2.73. The van der Waals surface area contributed by atoms with Crippen LogP contribution in [-0.4, -0.2) is 61.8 Å². The van der Waals surface area contributed by atoms with Crippen LogP contribution in [0.15, 0.2) is 18.2 Å². The van der Waals surface area contributed by atoms with E-state index in [2.05, 4.69) is 10.1 Å². The molecule has 4 bridgehead atoms. The number of nitrogens with zero attached hydrogens (tertiary/aromatic N) is 2. The van der Waals surface area contributed by atoms with Gasteiger partial charge in [-0.2, -0.15) is 0 Å². The fourth-order valence-corrected chi connectivity index (χ4v) is 5.59. The Bertz CT molecular complexity index is 838. The zero-order chi connectivity index (χ0) is 21.5. The lowest BCUT2D eigenvalue weighted by molar-refractivity contribution is -0.220. The minimum absolute atomic E-state index is 0.157. The molecule has 1 saturated carbocycles. The highest BCUT2D eigenvalue weighted by molar-refractivity contribution is 5.84. The predicted molar refractivity (Wildman–Crippen MR) is 110 cm³/mol. The summed E-state index contributed by atoms with van der Waals surface area (Å²) in [4.78, 5) is 28.0. The first-order chi connectivity index (χ1) is 15.0. The lowest BCUT2D eigenvalue weighted by atomic mass is 9.75. The van der Waals surface area contributed by atoms with E-state index in [1.165, 1.54) is 13.2 Å². The summed E-state index contributed by atoms with van der Waals surface area (Å²) in [6.07, 6.45) is 4.38. The number of rotatable bonds is 3. The van der Waals surface area contributed by atoms with Gasteiger partial charge in [0.25, 0.3) is 0 Å². The van der Waals surface area contributed by atoms with Crippen molar-refractivity contribution in [2.24, 2.45) is 5.92 Å². The summed E-state index contributed by atoms with van der Waals surface area (Å²) in [5.41, 5.74) is 0.747. The molecule has 9 heteroatoms. The Morgan fingerprint density at radius 3 is 2.84 bits per heavy atom. The summed E-state index contributed by atoms with van der Waals surface area (Å²) >= 11 is 0. The molecule has 5 unspecified atom stereocenters. The molecule has 0 radical (unpaired) electrons. The number of piperidine rings is 2. The Hall–Kier alpha value is -2.55. The van der Waals surface area contributed by atoms with Gasteiger partial charge in [0.2, 0.25) is 0 Å². The Kier molecular flexibility index (Phi) is 5.37. The summed E-state index contributed by atoms with van der Waals surface area (Å²) in [7, 11) is 1.25. The summed E-state index contributed by atoms with van der Waals surface area (Å²) in [5.74, 6) is 0.218. The molecule has 1 aromatic carbocycles. The maximum Gasteiger partial charge on any atom is 0.412 e. The van der Waals surface area contributed by atoms with E-state index in [0.29, 0.717) is 30.4 Å². The monoisotopic (exact) mass is 433 g/mol. The maximum atomic E-state index is 14.7. The first kappa shape index (κ1) is 20.4. The number of halogens is 1. The molecule has 2 amide bonds. The minimum atomic E-state index is -0.652. The van der Waals surface area contributed by atoms with Gasteiger partial charge in [-0.3, -0.25) is 10.2 Å². The molecular formula is C22H28FN3O5. The van der Waals surface area contributed by atoms with Gasteiger partial charge in [0.1, 0.15) is 18.1 Å². The van der Waals surface area contributed by atoms with Crippen molar-refractivity contribution < 1.29 is 28.2 Å². The van der Waals surface area contributed by atoms with Crippen LogP contribution in [0.3, 0.4) is 0 Å². The largest absolute Gasteiger partial charge is 0.453 e. The van der Waals surface area contributed by atoms with Crippen LogP contribution >= 0.6 is 0 Å². The molecule has 1 aromatic rings. The second-order valence-electron chi connectivity index (χ2n) is 8.96. The van der Waals surface area contributed by atoms with E-state index in [1.807, 2.05) is 4.90 Å². The van der Waals surface area contributed by atoms with Crippen LogP contribution in [-0.2, 0) is 14.2 Å². The van der Waals surface area contributed by atoms with Crippen molar-refractivity contribution in [1.82, 2.24) is 4.90 Å². The molecule has 4 heterocycles. The van der Waals surface area contributed by atoms with E-state index < -0.39 is 11.9 Å². The average molecular weight is 433 g/mol. The second-order valence-corrected chi connectivity index (χ2v) is 8.96. The number of carbonyl (C=O) groups is 2. The van der Waals surface area contributed by atoms with E-state index in [4.69, 9.17) is 9.47 Å². The molecule has 31 heavy (non-hydrogen) atoms. The maximum absolute atomic E-state index is 14.7. The molecule has 5 atom stereocenters. The topological polar surface area (TPSA) is 80.3 Å². The van der Waals surface area contributed by atoms with Crippen molar-refractivity contribution in [3.8, 4) is 0 Å². The van der Waals surface area contributed by atoms with Gasteiger partial charge in [-0.15, -0.1) is 0 Å². The minimum Gasteiger partial charge on any atom is -0.453 e. The van der Waals surface area contributed by atoms with E-state index >= 15 is 0 Å². The van der Waals surface area contributed by atoms with Crippen molar-refractivity contribution in [2.45, 2.75) is 63.0 Å². The van der Waals surface area contributed by atoms with Crippen molar-refractivity contribution in [3.63, 3.8) is 0 Å². The number of amides is 2. The van der Waals surface area contributed by atoms with Crippen molar-refractivity contribution >= 4 is 23.6 Å². The highest BCUT2D eigenvalue weighted by Gasteiger charge is 2.50. The van der Waals surface area contributed by atoms with Crippen LogP contribution in [0.25, 0.3) is 0 Å². The summed E-state index contributed by atoms with van der Waals surface area (Å²) in [6, 6.07) is 4.73. The highest BCUT2D eigenvalue weighted by atomic mass is 19.1. The van der Waals surface area contributed by atoms with Crippen LogP contribution in [0.1, 0.15) is 38.5 Å². The Morgan fingerprint density at radius 1 is 1.23 bits per heavy atom. The lowest BCUT2D eigenvalue weighted by Gasteiger charge is -2.55. The molecule has 0 aromatic heterocycles. The Morgan fingerprint density at radius 2 is 2.10 bits per heavy atom. The molecule has 5 fully saturated rings. The van der Waals surface area contributed by atoms with Crippen LogP contribution in [0.2, 0.25) is 0 Å². The molecule has 6 rings (SSSR count).